The van der Waals surface area contributed by atoms with Crippen LogP contribution < -0.4 is 4.74 Å². The van der Waals surface area contributed by atoms with Crippen LogP contribution in [0.5, 0.6) is 5.75 Å². The lowest BCUT2D eigenvalue weighted by molar-refractivity contribution is -0.143. The first-order valence-corrected chi connectivity index (χ1v) is 6.96. The molecule has 0 aliphatic carbocycles. The summed E-state index contributed by atoms with van der Waals surface area (Å²) in [5, 5.41) is 0. The van der Waals surface area contributed by atoms with Crippen LogP contribution in [-0.2, 0) is 14.3 Å². The highest BCUT2D eigenvalue weighted by Crippen LogP contribution is 2.22. The molecule has 0 N–H and O–H groups in total. The molecule has 120 valence electrons. The fourth-order valence-corrected chi connectivity index (χ4v) is 1.50. The zero-order valence-corrected chi connectivity index (χ0v) is 13.6. The maximum absolute atomic E-state index is 11.5. The van der Waals surface area contributed by atoms with E-state index in [2.05, 4.69) is 6.58 Å². The smallest absolute Gasteiger partial charge is 0.454 e. The highest BCUT2D eigenvalue weighted by Gasteiger charge is 2.18. The number of hydrogen-bond acceptors (Lipinski definition) is 5. The van der Waals surface area contributed by atoms with Crippen LogP contribution in [0.3, 0.4) is 0 Å². The summed E-state index contributed by atoms with van der Waals surface area (Å²) in [6, 6.07) is 6.67. The summed E-state index contributed by atoms with van der Waals surface area (Å²) < 4.78 is 15.3. The van der Waals surface area contributed by atoms with Crippen molar-refractivity contribution >= 4 is 12.1 Å². The molecule has 1 atom stereocenters. The number of hydrogen-bond donors (Lipinski definition) is 0. The van der Waals surface area contributed by atoms with Crippen LogP contribution in [0.4, 0.5) is 4.79 Å². The van der Waals surface area contributed by atoms with Crippen LogP contribution in [0.1, 0.15) is 46.3 Å². The first kappa shape index (κ1) is 17.8. The van der Waals surface area contributed by atoms with Crippen molar-refractivity contribution in [1.29, 1.82) is 0 Å². The summed E-state index contributed by atoms with van der Waals surface area (Å²) in [4.78, 5) is 23.0. The molecule has 0 saturated heterocycles. The summed E-state index contributed by atoms with van der Waals surface area (Å²) in [7, 11) is 0. The van der Waals surface area contributed by atoms with E-state index in [-0.39, 0.29) is 0 Å². The summed E-state index contributed by atoms with van der Waals surface area (Å²) >= 11 is 0. The van der Waals surface area contributed by atoms with Crippen LogP contribution in [0.2, 0.25) is 0 Å². The van der Waals surface area contributed by atoms with Gasteiger partial charge < -0.3 is 14.2 Å². The standard InChI is InChI=1S/C17H22O5/c1-11(2)15(18)20-12(3)13-7-9-14(10-8-13)21-16(19)22-17(4,5)6/h7-10,12H,1H2,2-6H3. The third-order valence-corrected chi connectivity index (χ3v) is 2.57. The van der Waals surface area contributed by atoms with E-state index in [1.54, 1.807) is 58.9 Å². The summed E-state index contributed by atoms with van der Waals surface area (Å²) in [6.45, 7) is 12.2. The number of rotatable bonds is 4. The fourth-order valence-electron chi connectivity index (χ4n) is 1.50. The molecular weight excluding hydrogens is 284 g/mol. The molecular formula is C17H22O5. The maximum atomic E-state index is 11.5. The van der Waals surface area contributed by atoms with E-state index in [1.165, 1.54) is 0 Å². The van der Waals surface area contributed by atoms with Gasteiger partial charge >= 0.3 is 12.1 Å². The highest BCUT2D eigenvalue weighted by molar-refractivity contribution is 5.87. The average molecular weight is 306 g/mol. The Morgan fingerprint density at radius 3 is 2.14 bits per heavy atom. The van der Waals surface area contributed by atoms with Crippen LogP contribution in [0, 0.1) is 0 Å². The SMILES string of the molecule is C=C(C)C(=O)OC(C)c1ccc(OC(=O)OC(C)(C)C)cc1. The maximum Gasteiger partial charge on any atom is 0.514 e. The molecule has 22 heavy (non-hydrogen) atoms. The van der Waals surface area contributed by atoms with Crippen molar-refractivity contribution in [2.75, 3.05) is 0 Å². The molecule has 0 aromatic heterocycles. The molecule has 5 heteroatoms. The number of carbonyl (C=O) groups is 2. The second kappa shape index (κ2) is 7.11. The molecule has 0 saturated carbocycles. The van der Waals surface area contributed by atoms with Gasteiger partial charge in [-0.05, 0) is 52.3 Å². The number of esters is 1. The lowest BCUT2D eigenvalue weighted by Crippen LogP contribution is -2.25. The van der Waals surface area contributed by atoms with Crippen LogP contribution in [0.25, 0.3) is 0 Å². The Bertz CT molecular complexity index is 551. The van der Waals surface area contributed by atoms with Crippen molar-refractivity contribution in [3.8, 4) is 5.75 Å². The van der Waals surface area contributed by atoms with Crippen LogP contribution in [-0.4, -0.2) is 17.7 Å². The molecule has 1 unspecified atom stereocenters. The number of ether oxygens (including phenoxy) is 3. The molecule has 0 heterocycles. The summed E-state index contributed by atoms with van der Waals surface area (Å²) in [5.41, 5.74) is 0.519. The minimum Gasteiger partial charge on any atom is -0.454 e. The third-order valence-electron chi connectivity index (χ3n) is 2.57. The molecule has 5 nitrogen and oxygen atoms in total. The van der Waals surface area contributed by atoms with Crippen molar-refractivity contribution < 1.29 is 23.8 Å². The summed E-state index contributed by atoms with van der Waals surface area (Å²) in [5.74, 6) is -0.0852. The number of carbonyl (C=O) groups excluding carboxylic acids is 2. The zero-order chi connectivity index (χ0) is 16.9. The monoisotopic (exact) mass is 306 g/mol. The van der Waals surface area contributed by atoms with Gasteiger partial charge in [0.1, 0.15) is 17.5 Å². The molecule has 0 spiro atoms. The Balaban J connectivity index is 2.65. The van der Waals surface area contributed by atoms with Crippen molar-refractivity contribution in [1.82, 2.24) is 0 Å². The van der Waals surface area contributed by atoms with E-state index in [4.69, 9.17) is 14.2 Å². The quantitative estimate of drug-likeness (QED) is 0.474. The highest BCUT2D eigenvalue weighted by atomic mass is 16.7. The lowest BCUT2D eigenvalue weighted by atomic mass is 10.1. The predicted octanol–water partition coefficient (Wildman–Crippen LogP) is 4.18. The summed E-state index contributed by atoms with van der Waals surface area (Å²) in [6.07, 6.45) is -1.18. The Labute approximate surface area is 130 Å². The van der Waals surface area contributed by atoms with E-state index in [0.717, 1.165) is 5.56 Å². The van der Waals surface area contributed by atoms with Crippen molar-refractivity contribution in [2.45, 2.75) is 46.3 Å². The Kier molecular flexibility index (Phi) is 5.74. The van der Waals surface area contributed by atoms with Crippen LogP contribution in [0.15, 0.2) is 36.4 Å². The first-order valence-electron chi connectivity index (χ1n) is 6.96. The van der Waals surface area contributed by atoms with Gasteiger partial charge in [0.25, 0.3) is 0 Å². The normalized spacial score (nSPS) is 12.2. The van der Waals surface area contributed by atoms with Gasteiger partial charge in [-0.1, -0.05) is 18.7 Å². The van der Waals surface area contributed by atoms with Gasteiger partial charge in [-0.3, -0.25) is 0 Å². The average Bonchev–Trinajstić information content (AvgIpc) is 2.36. The fraction of sp³-hybridized carbons (Fsp3) is 0.412. The number of benzene rings is 1. The van der Waals surface area contributed by atoms with Gasteiger partial charge in [0.05, 0.1) is 0 Å². The van der Waals surface area contributed by atoms with Gasteiger partial charge in [0.2, 0.25) is 0 Å². The topological polar surface area (TPSA) is 61.8 Å². The second-order valence-corrected chi connectivity index (χ2v) is 5.96. The van der Waals surface area contributed by atoms with E-state index in [1.807, 2.05) is 0 Å². The van der Waals surface area contributed by atoms with E-state index in [9.17, 15) is 9.59 Å². The largest absolute Gasteiger partial charge is 0.514 e. The van der Waals surface area contributed by atoms with Crippen molar-refractivity contribution in [2.24, 2.45) is 0 Å². The predicted molar refractivity (Wildman–Crippen MR) is 82.6 cm³/mol. The Morgan fingerprint density at radius 2 is 1.68 bits per heavy atom. The van der Waals surface area contributed by atoms with Gasteiger partial charge in [-0.25, -0.2) is 9.59 Å². The minimum absolute atomic E-state index is 0.344. The Morgan fingerprint density at radius 1 is 1.14 bits per heavy atom. The minimum atomic E-state index is -0.762. The molecule has 0 aliphatic heterocycles. The van der Waals surface area contributed by atoms with Crippen LogP contribution >= 0.6 is 0 Å². The Hall–Kier alpha value is -2.30. The van der Waals surface area contributed by atoms with E-state index < -0.39 is 23.8 Å². The van der Waals surface area contributed by atoms with Gasteiger partial charge in [-0.15, -0.1) is 0 Å². The molecule has 0 radical (unpaired) electrons. The molecule has 1 aromatic carbocycles. The zero-order valence-electron chi connectivity index (χ0n) is 13.6. The molecule has 1 aromatic rings. The van der Waals surface area contributed by atoms with Gasteiger partial charge in [0, 0.05) is 5.57 Å². The van der Waals surface area contributed by atoms with Crippen molar-refractivity contribution in [3.05, 3.63) is 42.0 Å². The molecule has 0 fully saturated rings. The van der Waals surface area contributed by atoms with E-state index in [0.29, 0.717) is 11.3 Å². The third kappa shape index (κ3) is 5.99. The van der Waals surface area contributed by atoms with E-state index >= 15 is 0 Å². The molecule has 0 aliphatic rings. The van der Waals surface area contributed by atoms with Gasteiger partial charge in [0.15, 0.2) is 0 Å². The lowest BCUT2D eigenvalue weighted by Gasteiger charge is -2.19. The van der Waals surface area contributed by atoms with Gasteiger partial charge in [-0.2, -0.15) is 0 Å². The first-order chi connectivity index (χ1) is 10.1. The molecule has 1 rings (SSSR count). The van der Waals surface area contributed by atoms with Crippen molar-refractivity contribution in [3.63, 3.8) is 0 Å². The molecule has 0 amide bonds. The second-order valence-electron chi connectivity index (χ2n) is 5.96. The molecule has 0 bridgehead atoms.